The van der Waals surface area contributed by atoms with E-state index in [1.807, 2.05) is 26.0 Å². The lowest BCUT2D eigenvalue weighted by Gasteiger charge is -2.13. The van der Waals surface area contributed by atoms with Crippen LogP contribution >= 0.6 is 24.0 Å². The lowest BCUT2D eigenvalue weighted by molar-refractivity contribution is -0.115. The van der Waals surface area contributed by atoms with Gasteiger partial charge in [-0.15, -0.1) is 0 Å². The van der Waals surface area contributed by atoms with Crippen molar-refractivity contribution in [3.05, 3.63) is 34.1 Å². The summed E-state index contributed by atoms with van der Waals surface area (Å²) in [4.78, 5) is 12.2. The van der Waals surface area contributed by atoms with Gasteiger partial charge in [0.25, 0.3) is 5.91 Å². The molecule has 5 heteroatoms. The molecular formula is C10H9NO2S2. The van der Waals surface area contributed by atoms with Gasteiger partial charge in [-0.3, -0.25) is 4.79 Å². The van der Waals surface area contributed by atoms with Crippen molar-refractivity contribution in [2.45, 2.75) is 13.8 Å². The molecule has 2 aliphatic heterocycles. The van der Waals surface area contributed by atoms with Gasteiger partial charge in [-0.05, 0) is 26.0 Å². The lowest BCUT2D eigenvalue weighted by Crippen LogP contribution is -2.18. The molecule has 15 heavy (non-hydrogen) atoms. The largest absolute Gasteiger partial charge is 0.467 e. The minimum atomic E-state index is -0.130. The van der Waals surface area contributed by atoms with Crippen molar-refractivity contribution in [2.24, 2.45) is 0 Å². The summed E-state index contributed by atoms with van der Waals surface area (Å²) in [6, 6.07) is 0. The van der Waals surface area contributed by atoms with E-state index >= 15 is 0 Å². The molecule has 2 rings (SSSR count). The first kappa shape index (κ1) is 10.4. The summed E-state index contributed by atoms with van der Waals surface area (Å²) in [5, 5.41) is 2.59. The number of allylic oxidation sites excluding steroid dienone is 5. The van der Waals surface area contributed by atoms with Crippen LogP contribution in [-0.2, 0) is 9.53 Å². The number of rotatable bonds is 0. The Kier molecular flexibility index (Phi) is 2.67. The van der Waals surface area contributed by atoms with Crippen molar-refractivity contribution in [2.75, 3.05) is 0 Å². The van der Waals surface area contributed by atoms with Crippen molar-refractivity contribution in [3.8, 4) is 0 Å². The second-order valence-electron chi connectivity index (χ2n) is 3.24. The van der Waals surface area contributed by atoms with Gasteiger partial charge in [0.1, 0.15) is 15.8 Å². The molecule has 0 atom stereocenters. The Morgan fingerprint density at radius 3 is 2.40 bits per heavy atom. The van der Waals surface area contributed by atoms with Gasteiger partial charge >= 0.3 is 0 Å². The lowest BCUT2D eigenvalue weighted by atomic mass is 10.1. The number of hydrogen-bond donors (Lipinski definition) is 1. The fraction of sp³-hybridized carbons (Fsp3) is 0.200. The van der Waals surface area contributed by atoms with Crippen LogP contribution in [0.1, 0.15) is 13.8 Å². The fourth-order valence-electron chi connectivity index (χ4n) is 1.43. The maximum Gasteiger partial charge on any atom is 0.264 e. The third kappa shape index (κ3) is 2.13. The van der Waals surface area contributed by atoms with Crippen molar-refractivity contribution < 1.29 is 9.53 Å². The van der Waals surface area contributed by atoms with E-state index in [2.05, 4.69) is 5.32 Å². The van der Waals surface area contributed by atoms with E-state index in [4.69, 9.17) is 17.0 Å². The monoisotopic (exact) mass is 239 g/mol. The number of nitrogens with one attached hydrogen (secondary N) is 1. The summed E-state index contributed by atoms with van der Waals surface area (Å²) in [7, 11) is 0. The molecule has 1 N–H and O–H groups in total. The van der Waals surface area contributed by atoms with E-state index in [0.29, 0.717) is 9.23 Å². The van der Waals surface area contributed by atoms with Crippen molar-refractivity contribution in [1.82, 2.24) is 5.32 Å². The number of carbonyl (C=O) groups is 1. The van der Waals surface area contributed by atoms with Gasteiger partial charge in [0.05, 0.1) is 4.91 Å². The number of ether oxygens (including phenoxy) is 1. The third-order valence-electron chi connectivity index (χ3n) is 1.92. The number of amides is 1. The molecule has 1 amide bonds. The molecule has 0 aromatic carbocycles. The summed E-state index contributed by atoms with van der Waals surface area (Å²) in [6.45, 7) is 3.71. The zero-order chi connectivity index (χ0) is 11.0. The number of thioether (sulfide) groups is 1. The summed E-state index contributed by atoms with van der Waals surface area (Å²) < 4.78 is 5.86. The normalized spacial score (nSPS) is 20.9. The quantitative estimate of drug-likeness (QED) is 0.519. The van der Waals surface area contributed by atoms with Crippen LogP contribution in [-0.4, -0.2) is 10.2 Å². The highest BCUT2D eigenvalue weighted by Crippen LogP contribution is 2.31. The number of thiocarbonyl (C=S) groups is 1. The maximum absolute atomic E-state index is 11.5. The summed E-state index contributed by atoms with van der Waals surface area (Å²) in [5.41, 5.74) is 0.860. The highest BCUT2D eigenvalue weighted by atomic mass is 32.2. The zero-order valence-electron chi connectivity index (χ0n) is 8.29. The molecule has 0 bridgehead atoms. The Bertz CT molecular complexity index is 426. The average Bonchev–Trinajstić information content (AvgIpc) is 2.43. The van der Waals surface area contributed by atoms with Crippen LogP contribution in [0.3, 0.4) is 0 Å². The van der Waals surface area contributed by atoms with Gasteiger partial charge in [-0.1, -0.05) is 24.0 Å². The number of carbonyl (C=O) groups excluding carboxylic acids is 1. The molecule has 2 heterocycles. The highest BCUT2D eigenvalue weighted by molar-refractivity contribution is 8.26. The van der Waals surface area contributed by atoms with Crippen molar-refractivity contribution >= 4 is 34.2 Å². The van der Waals surface area contributed by atoms with E-state index in [1.165, 1.54) is 11.8 Å². The van der Waals surface area contributed by atoms with Gasteiger partial charge in [0.15, 0.2) is 0 Å². The first-order valence-corrected chi connectivity index (χ1v) is 5.60. The Hall–Kier alpha value is -1.07. The predicted octanol–water partition coefficient (Wildman–Crippen LogP) is 2.23. The van der Waals surface area contributed by atoms with Crippen LogP contribution in [0, 0.1) is 0 Å². The van der Waals surface area contributed by atoms with Crippen LogP contribution in [0.4, 0.5) is 0 Å². The van der Waals surface area contributed by atoms with Gasteiger partial charge < -0.3 is 10.1 Å². The molecule has 1 saturated heterocycles. The molecule has 0 unspecified atom stereocenters. The predicted molar refractivity (Wildman–Crippen MR) is 64.0 cm³/mol. The summed E-state index contributed by atoms with van der Waals surface area (Å²) in [6.07, 6.45) is 3.67. The van der Waals surface area contributed by atoms with Crippen LogP contribution < -0.4 is 5.32 Å². The van der Waals surface area contributed by atoms with Crippen LogP contribution in [0.15, 0.2) is 34.1 Å². The summed E-state index contributed by atoms with van der Waals surface area (Å²) >= 11 is 6.22. The maximum atomic E-state index is 11.5. The molecular weight excluding hydrogens is 230 g/mol. The first-order chi connectivity index (χ1) is 7.06. The molecule has 78 valence electrons. The molecule has 0 aromatic rings. The molecule has 1 fully saturated rings. The van der Waals surface area contributed by atoms with Crippen molar-refractivity contribution in [3.63, 3.8) is 0 Å². The molecule has 3 nitrogen and oxygen atoms in total. The van der Waals surface area contributed by atoms with Crippen molar-refractivity contribution in [1.29, 1.82) is 0 Å². The van der Waals surface area contributed by atoms with E-state index in [9.17, 15) is 4.79 Å². The Labute approximate surface area is 97.3 Å². The van der Waals surface area contributed by atoms with E-state index in [-0.39, 0.29) is 5.91 Å². The van der Waals surface area contributed by atoms with E-state index < -0.39 is 0 Å². The number of hydrogen-bond acceptors (Lipinski definition) is 4. The van der Waals surface area contributed by atoms with Gasteiger partial charge in [0.2, 0.25) is 0 Å². The Balaban J connectivity index is 2.44. The van der Waals surface area contributed by atoms with Crippen LogP contribution in [0.5, 0.6) is 0 Å². The minimum absolute atomic E-state index is 0.130. The fourth-order valence-corrected chi connectivity index (χ4v) is 2.48. The average molecular weight is 239 g/mol. The smallest absolute Gasteiger partial charge is 0.264 e. The first-order valence-electron chi connectivity index (χ1n) is 4.38. The Morgan fingerprint density at radius 2 is 1.93 bits per heavy atom. The standard InChI is InChI=1S/C10H9NO2S2/c1-5-3-7(4-6(2)13-5)8-9(12)11-10(14)15-8/h3-4H,1-2H3,(H,11,12,14). The second kappa shape index (κ2) is 3.83. The zero-order valence-corrected chi connectivity index (χ0v) is 9.92. The molecule has 0 radical (unpaired) electrons. The summed E-state index contributed by atoms with van der Waals surface area (Å²) in [5.74, 6) is 1.43. The van der Waals surface area contributed by atoms with Gasteiger partial charge in [-0.2, -0.15) is 0 Å². The minimum Gasteiger partial charge on any atom is -0.467 e. The van der Waals surface area contributed by atoms with E-state index in [1.54, 1.807) is 0 Å². The molecule has 0 saturated carbocycles. The topological polar surface area (TPSA) is 38.3 Å². The SMILES string of the molecule is CC1=CC(=C2SC(=S)NC2=O)C=C(C)O1. The van der Waals surface area contributed by atoms with Crippen LogP contribution in [0.25, 0.3) is 0 Å². The molecule has 0 spiro atoms. The van der Waals surface area contributed by atoms with E-state index in [0.717, 1.165) is 17.1 Å². The van der Waals surface area contributed by atoms with Gasteiger partial charge in [-0.25, -0.2) is 0 Å². The third-order valence-corrected chi connectivity index (χ3v) is 3.18. The van der Waals surface area contributed by atoms with Gasteiger partial charge in [0, 0.05) is 5.57 Å². The Morgan fingerprint density at radius 1 is 1.33 bits per heavy atom. The molecule has 0 aliphatic carbocycles. The molecule has 2 aliphatic rings. The van der Waals surface area contributed by atoms with Crippen LogP contribution in [0.2, 0.25) is 0 Å². The highest BCUT2D eigenvalue weighted by Gasteiger charge is 2.25. The second-order valence-corrected chi connectivity index (χ2v) is 4.93. The molecule has 0 aromatic heterocycles.